The number of alkyl halides is 2. The molecular weight excluding hydrogens is 917 g/mol. The Bertz CT molecular complexity index is 2820. The lowest BCUT2D eigenvalue weighted by Crippen LogP contribution is -2.81. The van der Waals surface area contributed by atoms with Crippen LogP contribution in [0.2, 0.25) is 0 Å². The Labute approximate surface area is 411 Å². The lowest BCUT2D eigenvalue weighted by Gasteiger charge is -2.63. The van der Waals surface area contributed by atoms with Gasteiger partial charge in [0.15, 0.2) is 6.10 Å². The summed E-state index contributed by atoms with van der Waals surface area (Å²) in [5.74, 6) is -2.32. The molecule has 5 aliphatic heterocycles. The third-order valence-electron chi connectivity index (χ3n) is 17.4. The number of carbonyl (C=O) groups is 4. The van der Waals surface area contributed by atoms with Crippen LogP contribution in [0.3, 0.4) is 0 Å². The number of nitrogens with zero attached hydrogens (tertiary/aromatic N) is 3. The number of aromatic amines is 1. The molecule has 3 aromatic carbocycles. The fourth-order valence-corrected chi connectivity index (χ4v) is 14.8. The van der Waals surface area contributed by atoms with Crippen LogP contribution in [0.5, 0.6) is 11.5 Å². The van der Waals surface area contributed by atoms with Gasteiger partial charge in [0.25, 0.3) is 5.91 Å². The highest BCUT2D eigenvalue weighted by Crippen LogP contribution is 2.68. The molecule has 1 spiro atoms. The van der Waals surface area contributed by atoms with Gasteiger partial charge in [-0.2, -0.15) is 8.78 Å². The van der Waals surface area contributed by atoms with Gasteiger partial charge in [-0.1, -0.05) is 44.2 Å². The number of aromatic nitrogens is 1. The van der Waals surface area contributed by atoms with E-state index in [1.165, 1.54) is 45.4 Å². The number of esters is 3. The molecule has 10 atom stereocenters. The zero-order valence-electron chi connectivity index (χ0n) is 41.3. The number of benzene rings is 3. The molecule has 378 valence electrons. The van der Waals surface area contributed by atoms with Crippen molar-refractivity contribution in [1.82, 2.24) is 20.1 Å². The minimum atomic E-state index is -3.00. The molecule has 0 radical (unpaired) electrons. The van der Waals surface area contributed by atoms with Crippen LogP contribution in [0.15, 0.2) is 72.8 Å². The zero-order chi connectivity index (χ0) is 50.4. The van der Waals surface area contributed by atoms with Crippen LogP contribution in [0.1, 0.15) is 85.6 Å². The van der Waals surface area contributed by atoms with Gasteiger partial charge in [-0.05, 0) is 98.5 Å². The van der Waals surface area contributed by atoms with Gasteiger partial charge in [-0.15, -0.1) is 0 Å². The molecule has 1 aromatic heterocycles. The molecule has 1 saturated carbocycles. The van der Waals surface area contributed by atoms with Crippen molar-refractivity contribution < 1.29 is 56.7 Å². The van der Waals surface area contributed by atoms with Gasteiger partial charge < -0.3 is 48.9 Å². The maximum atomic E-state index is 15.7. The Morgan fingerprint density at radius 1 is 0.930 bits per heavy atom. The van der Waals surface area contributed by atoms with E-state index in [-0.39, 0.29) is 30.0 Å². The minimum Gasteiger partial charge on any atom is -0.496 e. The van der Waals surface area contributed by atoms with Gasteiger partial charge in [0.1, 0.15) is 16.9 Å². The van der Waals surface area contributed by atoms with E-state index in [2.05, 4.69) is 37.0 Å². The van der Waals surface area contributed by atoms with Crippen LogP contribution < -0.4 is 19.7 Å². The monoisotopic (exact) mass is 979 g/mol. The summed E-state index contributed by atoms with van der Waals surface area (Å²) in [7, 11) is 6.03. The third-order valence-corrected chi connectivity index (χ3v) is 17.4. The van der Waals surface area contributed by atoms with Gasteiger partial charge in [0.05, 0.1) is 32.9 Å². The molecule has 2 bridgehead atoms. The van der Waals surface area contributed by atoms with Crippen molar-refractivity contribution in [3.05, 3.63) is 101 Å². The number of fused-ring (bicyclic) bond motifs is 6. The van der Waals surface area contributed by atoms with Crippen LogP contribution in [0.4, 0.5) is 14.5 Å². The van der Waals surface area contributed by atoms with E-state index < -0.39 is 64.1 Å². The van der Waals surface area contributed by atoms with Crippen molar-refractivity contribution in [2.75, 3.05) is 66.0 Å². The smallest absolute Gasteiger partial charge is 0.387 e. The second-order valence-corrected chi connectivity index (χ2v) is 20.6. The first-order chi connectivity index (χ1) is 34.0. The van der Waals surface area contributed by atoms with Crippen molar-refractivity contribution in [2.45, 2.75) is 106 Å². The number of para-hydroxylation sites is 1. The molecule has 2 saturated heterocycles. The summed E-state index contributed by atoms with van der Waals surface area (Å²) in [5, 5.41) is 17.8. The maximum Gasteiger partial charge on any atom is 0.387 e. The largest absolute Gasteiger partial charge is 0.496 e. The first-order valence-corrected chi connectivity index (χ1v) is 24.6. The highest BCUT2D eigenvalue weighted by atomic mass is 19.3. The van der Waals surface area contributed by atoms with E-state index in [0.29, 0.717) is 93.1 Å². The normalized spacial score (nSPS) is 32.6. The van der Waals surface area contributed by atoms with E-state index in [1.54, 1.807) is 7.11 Å². The SMILES string of the molecule is CC[C@]1(NC(=O)c2ccc(OC(F)F)cc2)C[C@H]2CN(CCc3c([nH]c4ccccc34)[C@@](C(=O)OC)(c3cc4c(cc3OC)N(C)[C@H]3[C@@](O)(C(=O)OC)[C@H](OC(C)=O)[C@]5(CC)C=CCN6CC[C@]43[C@@H]65)C2)C1. The summed E-state index contributed by atoms with van der Waals surface area (Å²) in [6.07, 6.45) is 5.47. The molecule has 3 fully saturated rings. The topological polar surface area (TPSA) is 172 Å². The number of nitrogens with one attached hydrogen (secondary N) is 2. The zero-order valence-corrected chi connectivity index (χ0v) is 41.3. The number of carbonyl (C=O) groups excluding carboxylic acids is 4. The standard InChI is InChI=1S/C54H63F2N5O10/c1-8-50(58-43(63)33-15-17-34(18-16-33)71-49(55)56)27-32-28-53(47(64)68-6,42-36(19-23-60(29-32)30-50)35-13-10-11-14-39(35)57-42)38-25-37-40(26-41(38)67-5)59(4)45-52(37)21-24-61-22-12-20-51(9-2,44(52)61)46(70-31(3)62)54(45,66)48(65)69-7/h10-18,20,25-26,32,44-46,49,57,66H,8-9,19,21-24,27-30H2,1-7H3,(H,58,63)/t32-,44+,45-,46-,50+,51-,52-,53+,54+/m1/s1. The van der Waals surface area contributed by atoms with E-state index >= 15 is 4.79 Å². The van der Waals surface area contributed by atoms with Crippen LogP contribution in [-0.2, 0) is 45.8 Å². The molecule has 1 amide bonds. The highest BCUT2D eigenvalue weighted by Gasteiger charge is 2.80. The number of rotatable bonds is 11. The number of piperidine rings is 1. The molecule has 1 aliphatic carbocycles. The van der Waals surface area contributed by atoms with Crippen molar-refractivity contribution >= 4 is 40.4 Å². The third kappa shape index (κ3) is 7.02. The second-order valence-electron chi connectivity index (χ2n) is 20.6. The summed E-state index contributed by atoms with van der Waals surface area (Å²) in [4.78, 5) is 68.0. The van der Waals surface area contributed by atoms with Gasteiger partial charge in [-0.3, -0.25) is 19.3 Å². The van der Waals surface area contributed by atoms with Gasteiger partial charge in [-0.25, -0.2) is 4.79 Å². The number of aliphatic hydroxyl groups is 1. The predicted octanol–water partition coefficient (Wildman–Crippen LogP) is 6.03. The second kappa shape index (κ2) is 17.6. The van der Waals surface area contributed by atoms with Crippen LogP contribution in [-0.4, -0.2) is 141 Å². The molecule has 10 rings (SSSR count). The molecule has 71 heavy (non-hydrogen) atoms. The minimum absolute atomic E-state index is 0.0537. The lowest BCUT2D eigenvalue weighted by atomic mass is 9.47. The summed E-state index contributed by atoms with van der Waals surface area (Å²) in [5.41, 5.74) is -1.90. The van der Waals surface area contributed by atoms with Crippen molar-refractivity contribution in [3.8, 4) is 11.5 Å². The highest BCUT2D eigenvalue weighted by molar-refractivity contribution is 5.96. The quantitative estimate of drug-likeness (QED) is 0.0905. The van der Waals surface area contributed by atoms with E-state index in [4.69, 9.17) is 18.9 Å². The van der Waals surface area contributed by atoms with Crippen LogP contribution in [0.25, 0.3) is 10.9 Å². The van der Waals surface area contributed by atoms with E-state index in [1.807, 2.05) is 62.2 Å². The Kier molecular flexibility index (Phi) is 12.1. The lowest BCUT2D eigenvalue weighted by molar-refractivity contribution is -0.228. The Hall–Kier alpha value is -6.04. The number of amides is 1. The molecule has 4 aromatic rings. The Morgan fingerprint density at radius 2 is 1.68 bits per heavy atom. The van der Waals surface area contributed by atoms with Crippen LogP contribution >= 0.6 is 0 Å². The molecule has 3 N–H and O–H groups in total. The summed E-state index contributed by atoms with van der Waals surface area (Å²) in [6, 6.07) is 16.2. The molecule has 6 heterocycles. The number of hydrogen-bond donors (Lipinski definition) is 3. The molecular formula is C54H63F2N5O10. The maximum absolute atomic E-state index is 15.7. The number of ether oxygens (including phenoxy) is 5. The number of anilines is 1. The summed E-state index contributed by atoms with van der Waals surface area (Å²) < 4.78 is 54.7. The number of hydrogen-bond acceptors (Lipinski definition) is 13. The Balaban J connectivity index is 1.18. The van der Waals surface area contributed by atoms with Crippen LogP contribution in [0, 0.1) is 11.3 Å². The fraction of sp³-hybridized carbons (Fsp3) is 0.519. The summed E-state index contributed by atoms with van der Waals surface area (Å²) in [6.45, 7) is 5.26. The van der Waals surface area contributed by atoms with Crippen molar-refractivity contribution in [3.63, 3.8) is 0 Å². The molecule has 1 unspecified atom stereocenters. The van der Waals surface area contributed by atoms with Gasteiger partial charge in [0, 0.05) is 96.5 Å². The Morgan fingerprint density at radius 3 is 2.35 bits per heavy atom. The summed E-state index contributed by atoms with van der Waals surface area (Å²) >= 11 is 0. The average molecular weight is 980 g/mol. The van der Waals surface area contributed by atoms with Crippen molar-refractivity contribution in [2.24, 2.45) is 11.3 Å². The predicted molar refractivity (Wildman–Crippen MR) is 259 cm³/mol. The number of methoxy groups -OCH3 is 3. The van der Waals surface area contributed by atoms with Gasteiger partial charge >= 0.3 is 24.5 Å². The van der Waals surface area contributed by atoms with E-state index in [9.17, 15) is 28.3 Å². The van der Waals surface area contributed by atoms with E-state index in [0.717, 1.165) is 22.0 Å². The van der Waals surface area contributed by atoms with Crippen molar-refractivity contribution in [1.29, 1.82) is 0 Å². The fourth-order valence-electron chi connectivity index (χ4n) is 14.8. The average Bonchev–Trinajstić information content (AvgIpc) is 4.03. The molecule has 15 nitrogen and oxygen atoms in total. The van der Waals surface area contributed by atoms with Gasteiger partial charge in [0.2, 0.25) is 5.60 Å². The molecule has 6 aliphatic rings. The number of halogens is 2. The number of H-pyrrole nitrogens is 1. The number of likely N-dealkylation sites (N-methyl/N-ethyl adjacent to an activating group) is 1. The first kappa shape index (κ1) is 48.6. The molecule has 17 heteroatoms. The first-order valence-electron chi connectivity index (χ1n) is 24.6.